The van der Waals surface area contributed by atoms with Crippen LogP contribution >= 0.6 is 0 Å². The van der Waals surface area contributed by atoms with E-state index in [1.807, 2.05) is 0 Å². The molecule has 0 bridgehead atoms. The van der Waals surface area contributed by atoms with Gasteiger partial charge in [-0.25, -0.2) is 0 Å². The predicted molar refractivity (Wildman–Crippen MR) is 83.8 cm³/mol. The van der Waals surface area contributed by atoms with E-state index in [4.69, 9.17) is 10.5 Å². The van der Waals surface area contributed by atoms with Gasteiger partial charge in [-0.2, -0.15) is 0 Å². The van der Waals surface area contributed by atoms with Crippen LogP contribution in [0.2, 0.25) is 0 Å². The van der Waals surface area contributed by atoms with Crippen molar-refractivity contribution in [3.8, 4) is 0 Å². The molecule has 2 aliphatic rings. The van der Waals surface area contributed by atoms with Gasteiger partial charge >= 0.3 is 0 Å². The molecule has 2 saturated heterocycles. The number of hydrogen-bond donors (Lipinski definition) is 1. The maximum absolute atomic E-state index is 5.97. The molecule has 2 N–H and O–H groups in total. The molecule has 0 aromatic carbocycles. The van der Waals surface area contributed by atoms with Crippen LogP contribution in [0.4, 0.5) is 0 Å². The fraction of sp³-hybridized carbons (Fsp3) is 1.00. The van der Waals surface area contributed by atoms with Crippen LogP contribution in [0, 0.1) is 17.8 Å². The fourth-order valence-corrected chi connectivity index (χ4v) is 3.56. The summed E-state index contributed by atoms with van der Waals surface area (Å²) in [5, 5.41) is 0. The van der Waals surface area contributed by atoms with Gasteiger partial charge in [0.2, 0.25) is 0 Å². The van der Waals surface area contributed by atoms with Gasteiger partial charge in [-0.05, 0) is 37.3 Å². The second-order valence-electron chi connectivity index (χ2n) is 7.17. The van der Waals surface area contributed by atoms with Crippen LogP contribution in [0.1, 0.15) is 27.2 Å². The molecule has 0 amide bonds. The first-order valence-electron chi connectivity index (χ1n) is 8.34. The highest BCUT2D eigenvalue weighted by molar-refractivity contribution is 4.82. The molecule has 3 unspecified atom stereocenters. The zero-order chi connectivity index (χ0) is 14.5. The molecule has 2 fully saturated rings. The summed E-state index contributed by atoms with van der Waals surface area (Å²) in [5.41, 5.74) is 5.90. The van der Waals surface area contributed by atoms with E-state index in [0.29, 0.717) is 12.0 Å². The Hall–Kier alpha value is -0.160. The lowest BCUT2D eigenvalue weighted by molar-refractivity contribution is -0.0522. The van der Waals surface area contributed by atoms with Gasteiger partial charge in [0.15, 0.2) is 0 Å². The summed E-state index contributed by atoms with van der Waals surface area (Å²) in [6, 6.07) is 0. The Bertz CT molecular complexity index is 285. The fourth-order valence-electron chi connectivity index (χ4n) is 3.56. The Balaban J connectivity index is 1.77. The van der Waals surface area contributed by atoms with Gasteiger partial charge < -0.3 is 15.4 Å². The lowest BCUT2D eigenvalue weighted by Crippen LogP contribution is -2.51. The topological polar surface area (TPSA) is 41.7 Å². The molecule has 0 radical (unpaired) electrons. The quantitative estimate of drug-likeness (QED) is 0.825. The zero-order valence-corrected chi connectivity index (χ0v) is 13.6. The summed E-state index contributed by atoms with van der Waals surface area (Å²) in [6.45, 7) is 15.5. The number of nitrogens with zero attached hydrogens (tertiary/aromatic N) is 2. The zero-order valence-electron chi connectivity index (χ0n) is 13.6. The minimum Gasteiger partial charge on any atom is -0.374 e. The number of piperidine rings is 1. The largest absolute Gasteiger partial charge is 0.374 e. The smallest absolute Gasteiger partial charge is 0.0829 e. The van der Waals surface area contributed by atoms with Crippen molar-refractivity contribution in [1.29, 1.82) is 0 Å². The first-order chi connectivity index (χ1) is 9.58. The minimum atomic E-state index is 0.384. The van der Waals surface area contributed by atoms with E-state index in [1.54, 1.807) is 0 Å². The van der Waals surface area contributed by atoms with Crippen molar-refractivity contribution in [2.45, 2.75) is 33.3 Å². The van der Waals surface area contributed by atoms with E-state index in [2.05, 4.69) is 30.6 Å². The maximum atomic E-state index is 5.97. The molecular weight excluding hydrogens is 250 g/mol. The Morgan fingerprint density at radius 1 is 1.20 bits per heavy atom. The van der Waals surface area contributed by atoms with E-state index in [-0.39, 0.29) is 0 Å². The van der Waals surface area contributed by atoms with Gasteiger partial charge in [0.1, 0.15) is 0 Å². The summed E-state index contributed by atoms with van der Waals surface area (Å²) in [5.74, 6) is 2.19. The van der Waals surface area contributed by atoms with Crippen molar-refractivity contribution in [3.05, 3.63) is 0 Å². The van der Waals surface area contributed by atoms with Crippen molar-refractivity contribution in [2.24, 2.45) is 23.5 Å². The first-order valence-corrected chi connectivity index (χ1v) is 8.34. The monoisotopic (exact) mass is 283 g/mol. The summed E-state index contributed by atoms with van der Waals surface area (Å²) < 4.78 is 5.97. The van der Waals surface area contributed by atoms with Crippen LogP contribution in [0.15, 0.2) is 0 Å². The van der Waals surface area contributed by atoms with E-state index in [0.717, 1.165) is 51.2 Å². The third-order valence-electron chi connectivity index (χ3n) is 4.81. The van der Waals surface area contributed by atoms with Crippen LogP contribution in [0.3, 0.4) is 0 Å². The highest BCUT2D eigenvalue weighted by Crippen LogP contribution is 2.23. The molecule has 0 saturated carbocycles. The highest BCUT2D eigenvalue weighted by atomic mass is 16.5. The second-order valence-corrected chi connectivity index (χ2v) is 7.17. The molecule has 0 aromatic heterocycles. The number of nitrogens with two attached hydrogens (primary N) is 1. The molecule has 118 valence electrons. The molecule has 0 spiro atoms. The van der Waals surface area contributed by atoms with Gasteiger partial charge in [-0.15, -0.1) is 0 Å². The minimum absolute atomic E-state index is 0.384. The van der Waals surface area contributed by atoms with Crippen molar-refractivity contribution >= 4 is 0 Å². The molecule has 20 heavy (non-hydrogen) atoms. The number of rotatable bonds is 5. The summed E-state index contributed by atoms with van der Waals surface area (Å²) >= 11 is 0. The summed E-state index contributed by atoms with van der Waals surface area (Å²) in [7, 11) is 0. The van der Waals surface area contributed by atoms with Crippen LogP contribution < -0.4 is 5.73 Å². The van der Waals surface area contributed by atoms with Crippen molar-refractivity contribution in [2.75, 3.05) is 52.4 Å². The molecule has 3 atom stereocenters. The Morgan fingerprint density at radius 3 is 2.70 bits per heavy atom. The van der Waals surface area contributed by atoms with Crippen LogP contribution in [-0.2, 0) is 4.74 Å². The molecule has 2 rings (SSSR count). The average Bonchev–Trinajstić information content (AvgIpc) is 2.40. The van der Waals surface area contributed by atoms with E-state index in [1.165, 1.54) is 19.5 Å². The lowest BCUT2D eigenvalue weighted by atomic mass is 9.87. The normalized spacial score (nSPS) is 33.8. The third-order valence-corrected chi connectivity index (χ3v) is 4.81. The summed E-state index contributed by atoms with van der Waals surface area (Å²) in [4.78, 5) is 5.13. The SMILES string of the molecule is CC(C)CN1CCOC(CN2CCC(C)C(CN)C2)C1. The molecule has 2 aliphatic heterocycles. The van der Waals surface area contributed by atoms with Gasteiger partial charge in [0.05, 0.1) is 12.7 Å². The number of morpholine rings is 1. The number of likely N-dealkylation sites (tertiary alicyclic amines) is 1. The molecule has 4 heteroatoms. The van der Waals surface area contributed by atoms with Crippen molar-refractivity contribution < 1.29 is 4.74 Å². The number of ether oxygens (including phenoxy) is 1. The average molecular weight is 283 g/mol. The standard InChI is InChI=1S/C16H33N3O/c1-13(2)9-19-6-7-20-16(12-19)11-18-5-4-14(3)15(8-17)10-18/h13-16H,4-12,17H2,1-3H3. The summed E-state index contributed by atoms with van der Waals surface area (Å²) in [6.07, 6.45) is 1.67. The van der Waals surface area contributed by atoms with Gasteiger partial charge in [0, 0.05) is 32.7 Å². The predicted octanol–water partition coefficient (Wildman–Crippen LogP) is 1.26. The van der Waals surface area contributed by atoms with Crippen molar-refractivity contribution in [1.82, 2.24) is 9.80 Å². The Kier molecular flexibility index (Phi) is 6.27. The van der Waals surface area contributed by atoms with E-state index in [9.17, 15) is 0 Å². The molecule has 0 aliphatic carbocycles. The van der Waals surface area contributed by atoms with Gasteiger partial charge in [0.25, 0.3) is 0 Å². The molecule has 0 aromatic rings. The van der Waals surface area contributed by atoms with Gasteiger partial charge in [-0.1, -0.05) is 20.8 Å². The Morgan fingerprint density at radius 2 is 2.00 bits per heavy atom. The Labute approximate surface area is 124 Å². The molecule has 4 nitrogen and oxygen atoms in total. The van der Waals surface area contributed by atoms with Crippen LogP contribution in [0.25, 0.3) is 0 Å². The second kappa shape index (κ2) is 7.74. The first kappa shape index (κ1) is 16.2. The van der Waals surface area contributed by atoms with Crippen molar-refractivity contribution in [3.63, 3.8) is 0 Å². The molecule has 2 heterocycles. The number of hydrogen-bond acceptors (Lipinski definition) is 4. The maximum Gasteiger partial charge on any atom is 0.0829 e. The third kappa shape index (κ3) is 4.69. The highest BCUT2D eigenvalue weighted by Gasteiger charge is 2.28. The lowest BCUT2D eigenvalue weighted by Gasteiger charge is -2.40. The van der Waals surface area contributed by atoms with Gasteiger partial charge in [-0.3, -0.25) is 4.90 Å². The molecular formula is C16H33N3O. The van der Waals surface area contributed by atoms with Crippen LogP contribution in [-0.4, -0.2) is 68.3 Å². The van der Waals surface area contributed by atoms with Crippen LogP contribution in [0.5, 0.6) is 0 Å². The van der Waals surface area contributed by atoms with E-state index < -0.39 is 0 Å². The van der Waals surface area contributed by atoms with E-state index >= 15 is 0 Å².